The lowest BCUT2D eigenvalue weighted by Crippen LogP contribution is -2.27. The van der Waals surface area contributed by atoms with Crippen LogP contribution < -0.4 is 10.6 Å². The summed E-state index contributed by atoms with van der Waals surface area (Å²) in [4.78, 5) is 18.4. The van der Waals surface area contributed by atoms with Crippen molar-refractivity contribution in [3.63, 3.8) is 0 Å². The molecule has 2 rings (SSSR count). The zero-order valence-corrected chi connectivity index (χ0v) is 14.7. The van der Waals surface area contributed by atoms with Crippen molar-refractivity contribution in [2.24, 2.45) is 0 Å². The molecule has 128 valence electrons. The number of carbonyl (C=O) groups excluding carboxylic acids is 1. The number of aryl methyl sites for hydroxylation is 1. The molecule has 0 fully saturated rings. The highest BCUT2D eigenvalue weighted by molar-refractivity contribution is 5.94. The summed E-state index contributed by atoms with van der Waals surface area (Å²) in [6.07, 6.45) is 4.26. The van der Waals surface area contributed by atoms with E-state index in [1.807, 2.05) is 20.2 Å². The van der Waals surface area contributed by atoms with Crippen molar-refractivity contribution in [3.8, 4) is 0 Å². The SMILES string of the molecule is Cc1ccc(CNc2cncc(C(=O)NCCCN(C)C)c2)cc1. The van der Waals surface area contributed by atoms with Crippen LogP contribution >= 0.6 is 0 Å². The average Bonchev–Trinajstić information content (AvgIpc) is 2.58. The summed E-state index contributed by atoms with van der Waals surface area (Å²) in [7, 11) is 4.05. The Morgan fingerprint density at radius 1 is 1.17 bits per heavy atom. The topological polar surface area (TPSA) is 57.3 Å². The van der Waals surface area contributed by atoms with E-state index in [1.54, 1.807) is 12.4 Å². The summed E-state index contributed by atoms with van der Waals surface area (Å²) in [5.74, 6) is -0.0831. The molecule has 1 heterocycles. The van der Waals surface area contributed by atoms with Crippen LogP contribution in [0.15, 0.2) is 42.7 Å². The maximum Gasteiger partial charge on any atom is 0.252 e. The molecule has 0 saturated heterocycles. The summed E-state index contributed by atoms with van der Waals surface area (Å²) < 4.78 is 0. The van der Waals surface area contributed by atoms with Gasteiger partial charge < -0.3 is 15.5 Å². The molecule has 0 aliphatic heterocycles. The fourth-order valence-corrected chi connectivity index (χ4v) is 2.27. The van der Waals surface area contributed by atoms with Gasteiger partial charge in [0.15, 0.2) is 0 Å². The molecule has 0 saturated carbocycles. The van der Waals surface area contributed by atoms with Crippen molar-refractivity contribution < 1.29 is 4.79 Å². The highest BCUT2D eigenvalue weighted by Crippen LogP contribution is 2.11. The van der Waals surface area contributed by atoms with Crippen LogP contribution in [-0.4, -0.2) is 43.0 Å². The number of rotatable bonds is 8. The molecule has 1 aromatic heterocycles. The normalized spacial score (nSPS) is 10.7. The van der Waals surface area contributed by atoms with Crippen LogP contribution in [0, 0.1) is 6.92 Å². The Balaban J connectivity index is 1.86. The molecule has 0 atom stereocenters. The number of carbonyl (C=O) groups is 1. The number of pyridine rings is 1. The van der Waals surface area contributed by atoms with Crippen LogP contribution in [0.4, 0.5) is 5.69 Å². The van der Waals surface area contributed by atoms with Gasteiger partial charge in [-0.3, -0.25) is 9.78 Å². The molecule has 0 aliphatic carbocycles. The van der Waals surface area contributed by atoms with Gasteiger partial charge in [-0.25, -0.2) is 0 Å². The van der Waals surface area contributed by atoms with Crippen molar-refractivity contribution in [2.45, 2.75) is 19.9 Å². The van der Waals surface area contributed by atoms with E-state index >= 15 is 0 Å². The van der Waals surface area contributed by atoms with E-state index in [9.17, 15) is 4.79 Å². The van der Waals surface area contributed by atoms with Gasteiger partial charge in [0.2, 0.25) is 0 Å². The zero-order chi connectivity index (χ0) is 17.4. The Morgan fingerprint density at radius 3 is 2.62 bits per heavy atom. The Hall–Kier alpha value is -2.40. The van der Waals surface area contributed by atoms with Gasteiger partial charge in [-0.1, -0.05) is 29.8 Å². The maximum absolute atomic E-state index is 12.2. The predicted octanol–water partition coefficient (Wildman–Crippen LogP) is 2.68. The molecule has 0 aliphatic rings. The number of hydrogen-bond acceptors (Lipinski definition) is 4. The number of aromatic nitrogens is 1. The molecule has 0 bridgehead atoms. The molecule has 0 unspecified atom stereocenters. The molecule has 5 heteroatoms. The molecule has 2 N–H and O–H groups in total. The smallest absolute Gasteiger partial charge is 0.252 e. The van der Waals surface area contributed by atoms with E-state index in [0.29, 0.717) is 18.7 Å². The van der Waals surface area contributed by atoms with Crippen LogP contribution in [0.1, 0.15) is 27.9 Å². The minimum absolute atomic E-state index is 0.0831. The van der Waals surface area contributed by atoms with E-state index in [-0.39, 0.29) is 5.91 Å². The van der Waals surface area contributed by atoms with E-state index < -0.39 is 0 Å². The largest absolute Gasteiger partial charge is 0.380 e. The third kappa shape index (κ3) is 6.01. The first-order valence-corrected chi connectivity index (χ1v) is 8.22. The first-order chi connectivity index (χ1) is 11.5. The van der Waals surface area contributed by atoms with Gasteiger partial charge in [-0.2, -0.15) is 0 Å². The van der Waals surface area contributed by atoms with Crippen molar-refractivity contribution in [2.75, 3.05) is 32.5 Å². The second kappa shape index (κ2) is 9.03. The van der Waals surface area contributed by atoms with Gasteiger partial charge >= 0.3 is 0 Å². The van der Waals surface area contributed by atoms with Gasteiger partial charge in [0.05, 0.1) is 11.3 Å². The molecule has 24 heavy (non-hydrogen) atoms. The summed E-state index contributed by atoms with van der Waals surface area (Å²) in [5, 5.41) is 6.24. The third-order valence-electron chi connectivity index (χ3n) is 3.69. The first kappa shape index (κ1) is 17.9. The van der Waals surface area contributed by atoms with Crippen LogP contribution in [0.5, 0.6) is 0 Å². The summed E-state index contributed by atoms with van der Waals surface area (Å²) in [6, 6.07) is 10.2. The van der Waals surface area contributed by atoms with Gasteiger partial charge in [-0.05, 0) is 45.6 Å². The van der Waals surface area contributed by atoms with Crippen LogP contribution in [0.3, 0.4) is 0 Å². The highest BCUT2D eigenvalue weighted by Gasteiger charge is 2.06. The second-order valence-electron chi connectivity index (χ2n) is 6.21. The van der Waals surface area contributed by atoms with Crippen molar-refractivity contribution in [3.05, 3.63) is 59.4 Å². The van der Waals surface area contributed by atoms with E-state index in [0.717, 1.165) is 18.7 Å². The highest BCUT2D eigenvalue weighted by atomic mass is 16.1. The lowest BCUT2D eigenvalue weighted by molar-refractivity contribution is 0.0952. The van der Waals surface area contributed by atoms with Crippen molar-refractivity contribution >= 4 is 11.6 Å². The number of anilines is 1. The number of nitrogens with one attached hydrogen (secondary N) is 2. The van der Waals surface area contributed by atoms with E-state index in [1.165, 1.54) is 11.1 Å². The van der Waals surface area contributed by atoms with E-state index in [2.05, 4.69) is 51.7 Å². The minimum Gasteiger partial charge on any atom is -0.380 e. The van der Waals surface area contributed by atoms with Crippen LogP contribution in [0.25, 0.3) is 0 Å². The minimum atomic E-state index is -0.0831. The molecular weight excluding hydrogens is 300 g/mol. The quantitative estimate of drug-likeness (QED) is 0.732. The van der Waals surface area contributed by atoms with Crippen LogP contribution in [-0.2, 0) is 6.54 Å². The van der Waals surface area contributed by atoms with Gasteiger partial charge in [0, 0.05) is 25.5 Å². The van der Waals surface area contributed by atoms with E-state index in [4.69, 9.17) is 0 Å². The lowest BCUT2D eigenvalue weighted by atomic mass is 10.1. The third-order valence-corrected chi connectivity index (χ3v) is 3.69. The molecule has 5 nitrogen and oxygen atoms in total. The van der Waals surface area contributed by atoms with Gasteiger partial charge in [-0.15, -0.1) is 0 Å². The number of hydrogen-bond donors (Lipinski definition) is 2. The van der Waals surface area contributed by atoms with Crippen molar-refractivity contribution in [1.29, 1.82) is 0 Å². The van der Waals surface area contributed by atoms with Gasteiger partial charge in [0.25, 0.3) is 5.91 Å². The monoisotopic (exact) mass is 326 g/mol. The molecule has 1 aromatic carbocycles. The fourth-order valence-electron chi connectivity index (χ4n) is 2.27. The fraction of sp³-hybridized carbons (Fsp3) is 0.368. The van der Waals surface area contributed by atoms with Crippen LogP contribution in [0.2, 0.25) is 0 Å². The second-order valence-corrected chi connectivity index (χ2v) is 6.21. The molecule has 2 aromatic rings. The average molecular weight is 326 g/mol. The maximum atomic E-state index is 12.2. The molecular formula is C19H26N4O. The molecule has 1 amide bonds. The summed E-state index contributed by atoms with van der Waals surface area (Å²) >= 11 is 0. The number of amides is 1. The number of benzene rings is 1. The Bertz CT molecular complexity index is 653. The molecule has 0 radical (unpaired) electrons. The summed E-state index contributed by atoms with van der Waals surface area (Å²) in [5.41, 5.74) is 3.86. The zero-order valence-electron chi connectivity index (χ0n) is 14.7. The molecule has 0 spiro atoms. The lowest BCUT2D eigenvalue weighted by Gasteiger charge is -2.11. The Morgan fingerprint density at radius 2 is 1.92 bits per heavy atom. The van der Waals surface area contributed by atoms with Crippen molar-refractivity contribution in [1.82, 2.24) is 15.2 Å². The standard InChI is InChI=1S/C19H26N4O/c1-15-5-7-16(8-6-15)12-22-18-11-17(13-20-14-18)19(24)21-9-4-10-23(2)3/h5-8,11,13-14,22H,4,9-10,12H2,1-3H3,(H,21,24). The Labute approximate surface area is 144 Å². The van der Waals surface area contributed by atoms with Gasteiger partial charge in [0.1, 0.15) is 0 Å². The predicted molar refractivity (Wildman–Crippen MR) is 98.2 cm³/mol. The number of nitrogens with zero attached hydrogens (tertiary/aromatic N) is 2. The first-order valence-electron chi connectivity index (χ1n) is 8.22. The summed E-state index contributed by atoms with van der Waals surface area (Å²) in [6.45, 7) is 4.40. The Kier molecular flexibility index (Phi) is 6.75.